The first-order valence-corrected chi connectivity index (χ1v) is 8.12. The van der Waals surface area contributed by atoms with E-state index < -0.39 is 0 Å². The van der Waals surface area contributed by atoms with Gasteiger partial charge in [0, 0.05) is 18.7 Å². The molecule has 0 spiro atoms. The number of hydrogen-bond donors (Lipinski definition) is 0. The van der Waals surface area contributed by atoms with Crippen LogP contribution in [-0.4, -0.2) is 32.5 Å². The predicted molar refractivity (Wildman–Crippen MR) is 84.4 cm³/mol. The van der Waals surface area contributed by atoms with E-state index in [1.54, 1.807) is 23.9 Å². The van der Waals surface area contributed by atoms with Crippen LogP contribution in [0.15, 0.2) is 28.8 Å². The monoisotopic (exact) mass is 323 g/mol. The number of halogens is 1. The summed E-state index contributed by atoms with van der Waals surface area (Å²) in [5.41, 5.74) is 0.710. The Morgan fingerprint density at radius 1 is 1.29 bits per heavy atom. The molecular formula is C14H14FN3OS2. The van der Waals surface area contributed by atoms with Gasteiger partial charge in [-0.2, -0.15) is 4.98 Å². The zero-order valence-electron chi connectivity index (χ0n) is 11.3. The van der Waals surface area contributed by atoms with Crippen LogP contribution in [0.25, 0.3) is 11.5 Å². The fourth-order valence-electron chi connectivity index (χ4n) is 2.14. The van der Waals surface area contributed by atoms with Crippen LogP contribution in [-0.2, 0) is 5.75 Å². The van der Waals surface area contributed by atoms with E-state index in [1.807, 2.05) is 0 Å². The summed E-state index contributed by atoms with van der Waals surface area (Å²) in [6.07, 6.45) is 2.41. The fourth-order valence-corrected chi connectivity index (χ4v) is 3.23. The molecule has 110 valence electrons. The van der Waals surface area contributed by atoms with E-state index in [0.29, 0.717) is 23.0 Å². The van der Waals surface area contributed by atoms with E-state index in [0.717, 1.165) is 17.4 Å². The van der Waals surface area contributed by atoms with E-state index in [1.165, 1.54) is 25.0 Å². The number of likely N-dealkylation sites (tertiary alicyclic amines) is 1. The first kappa shape index (κ1) is 14.5. The lowest BCUT2D eigenvalue weighted by Crippen LogP contribution is -2.23. The molecule has 0 bridgehead atoms. The van der Waals surface area contributed by atoms with Crippen molar-refractivity contribution in [3.05, 3.63) is 35.9 Å². The molecule has 0 atom stereocenters. The quantitative estimate of drug-likeness (QED) is 0.806. The summed E-state index contributed by atoms with van der Waals surface area (Å²) >= 11 is 6.94. The minimum atomic E-state index is -0.287. The third kappa shape index (κ3) is 3.59. The highest BCUT2D eigenvalue weighted by molar-refractivity contribution is 8.22. The molecule has 0 N–H and O–H groups in total. The van der Waals surface area contributed by atoms with Crippen LogP contribution in [0.1, 0.15) is 18.7 Å². The summed E-state index contributed by atoms with van der Waals surface area (Å²) in [7, 11) is 0. The molecule has 2 aromatic rings. The molecule has 1 saturated heterocycles. The van der Waals surface area contributed by atoms with Gasteiger partial charge in [-0.25, -0.2) is 4.39 Å². The average Bonchev–Trinajstić information content (AvgIpc) is 3.17. The van der Waals surface area contributed by atoms with Crippen LogP contribution in [0.3, 0.4) is 0 Å². The van der Waals surface area contributed by atoms with Gasteiger partial charge in [0.25, 0.3) is 5.89 Å². The highest BCUT2D eigenvalue weighted by Gasteiger charge is 2.16. The molecule has 1 aliphatic rings. The Balaban J connectivity index is 1.60. The molecule has 4 nitrogen and oxygen atoms in total. The third-order valence-corrected chi connectivity index (χ3v) is 4.77. The second-order valence-electron chi connectivity index (χ2n) is 4.77. The lowest BCUT2D eigenvalue weighted by molar-refractivity contribution is 0.425. The van der Waals surface area contributed by atoms with Crippen molar-refractivity contribution < 1.29 is 8.91 Å². The van der Waals surface area contributed by atoms with Crippen molar-refractivity contribution in [1.29, 1.82) is 0 Å². The average molecular weight is 323 g/mol. The lowest BCUT2D eigenvalue weighted by atomic mass is 10.2. The molecule has 3 rings (SSSR count). The van der Waals surface area contributed by atoms with Crippen LogP contribution in [0, 0.1) is 5.82 Å². The molecule has 21 heavy (non-hydrogen) atoms. The number of thiocarbonyl (C=S) groups is 1. The zero-order chi connectivity index (χ0) is 14.7. The topological polar surface area (TPSA) is 42.2 Å². The van der Waals surface area contributed by atoms with Crippen molar-refractivity contribution in [1.82, 2.24) is 15.0 Å². The number of benzene rings is 1. The van der Waals surface area contributed by atoms with Gasteiger partial charge in [-0.3, -0.25) is 0 Å². The standard InChI is InChI=1S/C14H14FN3OS2/c15-11-5-3-10(4-6-11)13-16-12(17-19-13)9-21-14(20)18-7-1-2-8-18/h3-6H,1-2,7-9H2. The maximum Gasteiger partial charge on any atom is 0.257 e. The van der Waals surface area contributed by atoms with Gasteiger partial charge in [-0.1, -0.05) is 29.1 Å². The Labute approximate surface area is 131 Å². The number of thioether (sulfide) groups is 1. The number of hydrogen-bond acceptors (Lipinski definition) is 5. The van der Waals surface area contributed by atoms with E-state index in [2.05, 4.69) is 15.0 Å². The molecule has 1 aliphatic heterocycles. The van der Waals surface area contributed by atoms with Crippen LogP contribution in [0.5, 0.6) is 0 Å². The van der Waals surface area contributed by atoms with Crippen molar-refractivity contribution in [2.75, 3.05) is 13.1 Å². The Morgan fingerprint density at radius 2 is 2.00 bits per heavy atom. The fraction of sp³-hybridized carbons (Fsp3) is 0.357. The first-order chi connectivity index (χ1) is 10.2. The minimum absolute atomic E-state index is 0.287. The van der Waals surface area contributed by atoms with Crippen molar-refractivity contribution in [3.63, 3.8) is 0 Å². The molecule has 0 saturated carbocycles. The highest BCUT2D eigenvalue weighted by atomic mass is 32.2. The summed E-state index contributed by atoms with van der Waals surface area (Å²) in [4.78, 5) is 6.52. The molecule has 2 heterocycles. The Hall–Kier alpha value is -1.47. The van der Waals surface area contributed by atoms with Crippen LogP contribution < -0.4 is 0 Å². The Bertz CT molecular complexity index is 623. The maximum atomic E-state index is 12.9. The van der Waals surface area contributed by atoms with Gasteiger partial charge in [0.1, 0.15) is 10.1 Å². The van der Waals surface area contributed by atoms with Gasteiger partial charge in [0.2, 0.25) is 0 Å². The van der Waals surface area contributed by atoms with Gasteiger partial charge < -0.3 is 9.42 Å². The maximum absolute atomic E-state index is 12.9. The first-order valence-electron chi connectivity index (χ1n) is 6.72. The van der Waals surface area contributed by atoms with Crippen LogP contribution in [0.4, 0.5) is 4.39 Å². The van der Waals surface area contributed by atoms with E-state index in [-0.39, 0.29) is 5.82 Å². The Kier molecular flexibility index (Phi) is 4.50. The summed E-state index contributed by atoms with van der Waals surface area (Å²) < 4.78 is 19.0. The van der Waals surface area contributed by atoms with Crippen molar-refractivity contribution >= 4 is 28.3 Å². The second-order valence-corrected chi connectivity index (χ2v) is 6.38. The molecule has 0 amide bonds. The number of rotatable bonds is 3. The normalized spacial score (nSPS) is 14.6. The Morgan fingerprint density at radius 3 is 2.71 bits per heavy atom. The molecular weight excluding hydrogens is 309 g/mol. The molecule has 7 heteroatoms. The van der Waals surface area contributed by atoms with Gasteiger partial charge in [0.05, 0.1) is 5.75 Å². The number of aromatic nitrogens is 2. The minimum Gasteiger partial charge on any atom is -0.358 e. The predicted octanol–water partition coefficient (Wildman–Crippen LogP) is 3.49. The molecule has 0 unspecified atom stereocenters. The largest absolute Gasteiger partial charge is 0.358 e. The van der Waals surface area contributed by atoms with Gasteiger partial charge in [0.15, 0.2) is 5.82 Å². The van der Waals surface area contributed by atoms with Gasteiger partial charge >= 0.3 is 0 Å². The smallest absolute Gasteiger partial charge is 0.257 e. The van der Waals surface area contributed by atoms with Crippen molar-refractivity contribution in [3.8, 4) is 11.5 Å². The lowest BCUT2D eigenvalue weighted by Gasteiger charge is -2.16. The summed E-state index contributed by atoms with van der Waals surface area (Å²) in [6, 6.07) is 5.98. The van der Waals surface area contributed by atoms with Crippen molar-refractivity contribution in [2.24, 2.45) is 0 Å². The molecule has 0 radical (unpaired) electrons. The molecule has 1 fully saturated rings. The van der Waals surface area contributed by atoms with Crippen molar-refractivity contribution in [2.45, 2.75) is 18.6 Å². The number of nitrogens with zero attached hydrogens (tertiary/aromatic N) is 3. The van der Waals surface area contributed by atoms with E-state index in [9.17, 15) is 4.39 Å². The molecule has 1 aromatic carbocycles. The zero-order valence-corrected chi connectivity index (χ0v) is 12.9. The molecule has 0 aliphatic carbocycles. The summed E-state index contributed by atoms with van der Waals surface area (Å²) in [5.74, 6) is 1.29. The summed E-state index contributed by atoms with van der Waals surface area (Å²) in [6.45, 7) is 2.08. The SMILES string of the molecule is Fc1ccc(-c2nc(CSC(=S)N3CCCC3)no2)cc1. The summed E-state index contributed by atoms with van der Waals surface area (Å²) in [5, 5.41) is 3.93. The van der Waals surface area contributed by atoms with Gasteiger partial charge in [-0.15, -0.1) is 0 Å². The second kappa shape index (κ2) is 6.53. The highest BCUT2D eigenvalue weighted by Crippen LogP contribution is 2.21. The molecule has 1 aromatic heterocycles. The van der Waals surface area contributed by atoms with E-state index >= 15 is 0 Å². The van der Waals surface area contributed by atoms with E-state index in [4.69, 9.17) is 16.7 Å². The van der Waals surface area contributed by atoms with Crippen LogP contribution in [0.2, 0.25) is 0 Å². The third-order valence-electron chi connectivity index (χ3n) is 3.25. The van der Waals surface area contributed by atoms with Crippen LogP contribution >= 0.6 is 24.0 Å². The van der Waals surface area contributed by atoms with Gasteiger partial charge in [-0.05, 0) is 37.1 Å².